The number of rotatable bonds is 6. The molecule has 1 saturated heterocycles. The van der Waals surface area contributed by atoms with Crippen LogP contribution < -0.4 is 10.9 Å². The van der Waals surface area contributed by atoms with Gasteiger partial charge in [0.05, 0.1) is 30.1 Å². The Morgan fingerprint density at radius 1 is 1.16 bits per heavy atom. The van der Waals surface area contributed by atoms with E-state index in [0.717, 1.165) is 31.5 Å². The van der Waals surface area contributed by atoms with Crippen LogP contribution in [0.25, 0.3) is 10.9 Å². The topological polar surface area (TPSA) is 104 Å². The van der Waals surface area contributed by atoms with E-state index < -0.39 is 5.97 Å². The smallest absolute Gasteiger partial charge is 0.337 e. The number of nitrogens with one attached hydrogen (secondary N) is 2. The normalized spacial score (nSPS) is 14.9. The quantitative estimate of drug-likeness (QED) is 0.577. The van der Waals surface area contributed by atoms with Gasteiger partial charge in [-0.15, -0.1) is 0 Å². The van der Waals surface area contributed by atoms with Crippen LogP contribution in [0.4, 0.5) is 0 Å². The number of benzene rings is 2. The number of fused-ring (bicyclic) bond motifs is 1. The first-order valence-corrected chi connectivity index (χ1v) is 10.7. The van der Waals surface area contributed by atoms with Crippen LogP contribution in [0, 0.1) is 5.92 Å². The van der Waals surface area contributed by atoms with Crippen LogP contribution in [0.1, 0.15) is 34.6 Å². The van der Waals surface area contributed by atoms with Gasteiger partial charge in [-0.1, -0.05) is 30.3 Å². The van der Waals surface area contributed by atoms with Gasteiger partial charge in [0.15, 0.2) is 0 Å². The molecule has 8 nitrogen and oxygen atoms in total. The van der Waals surface area contributed by atoms with E-state index in [1.54, 1.807) is 18.2 Å². The Kier molecular flexibility index (Phi) is 6.61. The summed E-state index contributed by atoms with van der Waals surface area (Å²) >= 11 is 0. The second-order valence-electron chi connectivity index (χ2n) is 7.99. The molecule has 0 aliphatic carbocycles. The first-order valence-electron chi connectivity index (χ1n) is 10.7. The van der Waals surface area contributed by atoms with E-state index in [9.17, 15) is 14.4 Å². The molecule has 4 rings (SSSR count). The van der Waals surface area contributed by atoms with E-state index in [4.69, 9.17) is 4.74 Å². The SMILES string of the molecule is COC(=O)c1ccc2c(=O)[nH]c(CN3CCC(C(=O)NCc4ccccc4)CC3)nc2c1. The lowest BCUT2D eigenvalue weighted by Gasteiger charge is -2.30. The van der Waals surface area contributed by atoms with Gasteiger partial charge in [-0.05, 0) is 49.7 Å². The van der Waals surface area contributed by atoms with Crippen molar-refractivity contribution in [3.63, 3.8) is 0 Å². The molecular weight excluding hydrogens is 408 g/mol. The number of carbonyl (C=O) groups is 2. The fourth-order valence-electron chi connectivity index (χ4n) is 4.00. The number of aromatic nitrogens is 2. The minimum Gasteiger partial charge on any atom is -0.465 e. The van der Waals surface area contributed by atoms with Gasteiger partial charge in [-0.3, -0.25) is 14.5 Å². The van der Waals surface area contributed by atoms with Crippen LogP contribution >= 0.6 is 0 Å². The number of nitrogens with zero attached hydrogens (tertiary/aromatic N) is 2. The fraction of sp³-hybridized carbons (Fsp3) is 0.333. The number of hydrogen-bond donors (Lipinski definition) is 2. The zero-order valence-corrected chi connectivity index (χ0v) is 18.0. The van der Waals surface area contributed by atoms with Crippen molar-refractivity contribution in [2.45, 2.75) is 25.9 Å². The van der Waals surface area contributed by atoms with E-state index in [1.807, 2.05) is 30.3 Å². The molecule has 1 aliphatic rings. The summed E-state index contributed by atoms with van der Waals surface area (Å²) in [5, 5.41) is 3.45. The summed E-state index contributed by atoms with van der Waals surface area (Å²) in [6.45, 7) is 2.50. The number of aromatic amines is 1. The van der Waals surface area contributed by atoms with Crippen molar-refractivity contribution in [3.8, 4) is 0 Å². The van der Waals surface area contributed by atoms with Gasteiger partial charge in [-0.2, -0.15) is 0 Å². The Morgan fingerprint density at radius 3 is 2.62 bits per heavy atom. The third kappa shape index (κ3) is 5.03. The van der Waals surface area contributed by atoms with Crippen LogP contribution in [0.5, 0.6) is 0 Å². The lowest BCUT2D eigenvalue weighted by Crippen LogP contribution is -2.40. The number of likely N-dealkylation sites (tertiary alicyclic amines) is 1. The molecule has 1 fully saturated rings. The monoisotopic (exact) mass is 434 g/mol. The summed E-state index contributed by atoms with van der Waals surface area (Å²) in [4.78, 5) is 46.3. The summed E-state index contributed by atoms with van der Waals surface area (Å²) < 4.78 is 4.75. The van der Waals surface area contributed by atoms with E-state index in [0.29, 0.717) is 35.4 Å². The molecule has 2 N–H and O–H groups in total. The Balaban J connectivity index is 1.35. The standard InChI is InChI=1S/C24H26N4O4/c1-32-24(31)18-7-8-19-20(13-18)26-21(27-23(19)30)15-28-11-9-17(10-12-28)22(29)25-14-16-5-3-2-4-6-16/h2-8,13,17H,9-12,14-15H2,1H3,(H,25,29)(H,26,27,30). The molecule has 0 bridgehead atoms. The molecule has 166 valence electrons. The fourth-order valence-corrected chi connectivity index (χ4v) is 4.00. The molecule has 32 heavy (non-hydrogen) atoms. The summed E-state index contributed by atoms with van der Waals surface area (Å²) in [6.07, 6.45) is 1.51. The molecule has 0 spiro atoms. The molecular formula is C24H26N4O4. The third-order valence-corrected chi connectivity index (χ3v) is 5.82. The summed E-state index contributed by atoms with van der Waals surface area (Å²) in [7, 11) is 1.31. The Labute approximate surface area is 185 Å². The van der Waals surface area contributed by atoms with Crippen LogP contribution in [0.3, 0.4) is 0 Å². The molecule has 1 aromatic heterocycles. The molecule has 0 radical (unpaired) electrons. The highest BCUT2D eigenvalue weighted by Crippen LogP contribution is 2.19. The van der Waals surface area contributed by atoms with Gasteiger partial charge in [0, 0.05) is 12.5 Å². The van der Waals surface area contributed by atoms with Crippen LogP contribution in [-0.4, -0.2) is 46.9 Å². The van der Waals surface area contributed by atoms with Gasteiger partial charge in [-0.25, -0.2) is 9.78 Å². The van der Waals surface area contributed by atoms with Crippen LogP contribution in [0.15, 0.2) is 53.3 Å². The highest BCUT2D eigenvalue weighted by atomic mass is 16.5. The van der Waals surface area contributed by atoms with Crippen molar-refractivity contribution >= 4 is 22.8 Å². The van der Waals surface area contributed by atoms with Gasteiger partial charge < -0.3 is 15.0 Å². The number of amides is 1. The second-order valence-corrected chi connectivity index (χ2v) is 7.99. The highest BCUT2D eigenvalue weighted by molar-refractivity contribution is 5.93. The Hall–Kier alpha value is -3.52. The van der Waals surface area contributed by atoms with Crippen molar-refractivity contribution in [1.82, 2.24) is 20.2 Å². The predicted molar refractivity (Wildman–Crippen MR) is 120 cm³/mol. The molecule has 0 saturated carbocycles. The minimum absolute atomic E-state index is 0.0128. The Bertz CT molecular complexity index is 1170. The van der Waals surface area contributed by atoms with Crippen molar-refractivity contribution in [2.24, 2.45) is 5.92 Å². The van der Waals surface area contributed by atoms with E-state index in [-0.39, 0.29) is 17.4 Å². The number of carbonyl (C=O) groups excluding carboxylic acids is 2. The van der Waals surface area contributed by atoms with E-state index in [1.165, 1.54) is 7.11 Å². The first-order chi connectivity index (χ1) is 15.5. The molecule has 0 atom stereocenters. The van der Waals surface area contributed by atoms with Gasteiger partial charge in [0.1, 0.15) is 5.82 Å². The molecule has 8 heteroatoms. The van der Waals surface area contributed by atoms with Gasteiger partial charge >= 0.3 is 5.97 Å². The molecule has 1 aliphatic heterocycles. The van der Waals surface area contributed by atoms with Crippen LogP contribution in [0.2, 0.25) is 0 Å². The predicted octanol–water partition coefficient (Wildman–Crippen LogP) is 2.24. The van der Waals surface area contributed by atoms with Gasteiger partial charge in [0.2, 0.25) is 5.91 Å². The lowest BCUT2D eigenvalue weighted by molar-refractivity contribution is -0.126. The van der Waals surface area contributed by atoms with E-state index >= 15 is 0 Å². The molecule has 0 unspecified atom stereocenters. The average molecular weight is 434 g/mol. The van der Waals surface area contributed by atoms with Crippen molar-refractivity contribution in [2.75, 3.05) is 20.2 Å². The number of H-pyrrole nitrogens is 1. The number of hydrogen-bond acceptors (Lipinski definition) is 6. The lowest BCUT2D eigenvalue weighted by atomic mass is 9.96. The maximum absolute atomic E-state index is 12.5. The zero-order chi connectivity index (χ0) is 22.5. The number of piperidine rings is 1. The third-order valence-electron chi connectivity index (χ3n) is 5.82. The summed E-state index contributed by atoms with van der Waals surface area (Å²) in [6, 6.07) is 14.6. The molecule has 2 aromatic carbocycles. The average Bonchev–Trinajstić information content (AvgIpc) is 2.82. The molecule has 2 heterocycles. The molecule has 1 amide bonds. The summed E-state index contributed by atoms with van der Waals surface area (Å²) in [5.74, 6) is 0.141. The number of methoxy groups -OCH3 is 1. The number of esters is 1. The Morgan fingerprint density at radius 2 is 1.91 bits per heavy atom. The van der Waals surface area contributed by atoms with Crippen molar-refractivity contribution in [1.29, 1.82) is 0 Å². The van der Waals surface area contributed by atoms with Crippen molar-refractivity contribution < 1.29 is 14.3 Å². The number of ether oxygens (including phenoxy) is 1. The highest BCUT2D eigenvalue weighted by Gasteiger charge is 2.25. The van der Waals surface area contributed by atoms with Crippen molar-refractivity contribution in [3.05, 3.63) is 75.8 Å². The molecule has 3 aromatic rings. The second kappa shape index (κ2) is 9.74. The summed E-state index contributed by atoms with van der Waals surface area (Å²) in [5.41, 5.74) is 1.66. The van der Waals surface area contributed by atoms with Gasteiger partial charge in [0.25, 0.3) is 5.56 Å². The van der Waals surface area contributed by atoms with Crippen LogP contribution in [-0.2, 0) is 22.6 Å². The maximum atomic E-state index is 12.5. The minimum atomic E-state index is -0.469. The maximum Gasteiger partial charge on any atom is 0.337 e. The van der Waals surface area contributed by atoms with E-state index in [2.05, 4.69) is 20.2 Å². The zero-order valence-electron chi connectivity index (χ0n) is 18.0. The first kappa shape index (κ1) is 21.7. The largest absolute Gasteiger partial charge is 0.465 e.